The highest BCUT2D eigenvalue weighted by Crippen LogP contribution is 2.46. The molecule has 1 aliphatic carbocycles. The minimum atomic E-state index is -0.856. The normalized spacial score (nSPS) is 28.2. The number of aliphatic hydroxyl groups is 1. The van der Waals surface area contributed by atoms with E-state index in [1.54, 1.807) is 31.2 Å². The van der Waals surface area contributed by atoms with Crippen molar-refractivity contribution in [2.24, 2.45) is 29.6 Å². The molecule has 0 unspecified atom stereocenters. The Hall–Kier alpha value is -2.38. The number of carbonyl (C=O) groups excluding carboxylic acids is 3. The van der Waals surface area contributed by atoms with Crippen molar-refractivity contribution in [3.8, 4) is 0 Å². The number of likely N-dealkylation sites (tertiary alicyclic amines) is 1. The fourth-order valence-electron chi connectivity index (χ4n) is 5.06. The summed E-state index contributed by atoms with van der Waals surface area (Å²) in [7, 11) is 0. The summed E-state index contributed by atoms with van der Waals surface area (Å²) in [6.07, 6.45) is 4.49. The lowest BCUT2D eigenvalue weighted by Gasteiger charge is -2.36. The fourth-order valence-corrected chi connectivity index (χ4v) is 5.18. The summed E-state index contributed by atoms with van der Waals surface area (Å²) >= 11 is 5.96. The van der Waals surface area contributed by atoms with E-state index in [1.165, 1.54) is 4.90 Å². The van der Waals surface area contributed by atoms with Crippen LogP contribution in [0.5, 0.6) is 0 Å². The van der Waals surface area contributed by atoms with Gasteiger partial charge in [-0.2, -0.15) is 0 Å². The van der Waals surface area contributed by atoms with E-state index in [0.717, 1.165) is 6.42 Å². The van der Waals surface area contributed by atoms with E-state index in [1.807, 2.05) is 32.9 Å². The molecule has 1 heterocycles. The number of carbonyl (C=O) groups is 3. The van der Waals surface area contributed by atoms with Crippen molar-refractivity contribution in [2.75, 3.05) is 18.5 Å². The summed E-state index contributed by atoms with van der Waals surface area (Å²) in [4.78, 5) is 41.7. The molecular formula is C25H33ClN2O5. The van der Waals surface area contributed by atoms with Crippen LogP contribution in [0.3, 0.4) is 0 Å². The first kappa shape index (κ1) is 25.2. The molecule has 0 radical (unpaired) electrons. The Kier molecular flexibility index (Phi) is 8.19. The quantitative estimate of drug-likeness (QED) is 0.442. The summed E-state index contributed by atoms with van der Waals surface area (Å²) in [6, 6.07) is 5.33. The topological polar surface area (TPSA) is 95.9 Å². The number of anilines is 1. The van der Waals surface area contributed by atoms with Crippen LogP contribution < -0.4 is 5.32 Å². The van der Waals surface area contributed by atoms with E-state index in [0.29, 0.717) is 10.7 Å². The van der Waals surface area contributed by atoms with Crippen LogP contribution in [0.15, 0.2) is 36.4 Å². The molecule has 7 nitrogen and oxygen atoms in total. The molecule has 1 aromatic carbocycles. The largest absolute Gasteiger partial charge is 0.466 e. The number of nitrogens with zero attached hydrogens (tertiary/aromatic N) is 1. The molecule has 180 valence electrons. The van der Waals surface area contributed by atoms with Crippen LogP contribution in [-0.4, -0.2) is 53.1 Å². The van der Waals surface area contributed by atoms with Crippen LogP contribution in [0.4, 0.5) is 5.69 Å². The van der Waals surface area contributed by atoms with E-state index in [-0.39, 0.29) is 36.9 Å². The number of allylic oxidation sites excluding steroid dienone is 1. The van der Waals surface area contributed by atoms with Gasteiger partial charge in [-0.05, 0) is 43.0 Å². The summed E-state index contributed by atoms with van der Waals surface area (Å²) in [5.74, 6) is -3.22. The highest BCUT2D eigenvalue weighted by molar-refractivity contribution is 6.30. The summed E-state index contributed by atoms with van der Waals surface area (Å²) in [5.41, 5.74) is 0.555. The Bertz CT molecular complexity index is 903. The third-order valence-corrected chi connectivity index (χ3v) is 7.25. The minimum absolute atomic E-state index is 0.0348. The van der Waals surface area contributed by atoms with Crippen molar-refractivity contribution in [1.29, 1.82) is 0 Å². The van der Waals surface area contributed by atoms with Crippen LogP contribution in [0.25, 0.3) is 0 Å². The van der Waals surface area contributed by atoms with Crippen molar-refractivity contribution in [3.05, 3.63) is 41.4 Å². The van der Waals surface area contributed by atoms with Gasteiger partial charge in [-0.15, -0.1) is 0 Å². The lowest BCUT2D eigenvalue weighted by Crippen LogP contribution is -2.52. The molecule has 7 atom stereocenters. The Balaban J connectivity index is 2.03. The first-order valence-electron chi connectivity index (χ1n) is 11.6. The molecule has 0 saturated carbocycles. The maximum Gasteiger partial charge on any atom is 0.310 e. The van der Waals surface area contributed by atoms with Crippen molar-refractivity contribution in [1.82, 2.24) is 4.90 Å². The molecular weight excluding hydrogens is 444 g/mol. The average Bonchev–Trinajstić information content (AvgIpc) is 3.08. The SMILES string of the molecule is CCOC(=O)[C@H]1[C@H]2C(=O)N([C@@H](CO)[C@@H](C)CC)[C@H](C(=O)Nc3ccc(Cl)cc3)[C@H]2C=C[C@H]1C. The number of hydrogen-bond acceptors (Lipinski definition) is 5. The molecule has 1 aromatic rings. The smallest absolute Gasteiger partial charge is 0.310 e. The van der Waals surface area contributed by atoms with Gasteiger partial charge in [-0.1, -0.05) is 50.9 Å². The van der Waals surface area contributed by atoms with Crippen LogP contribution in [0, 0.1) is 29.6 Å². The first-order valence-corrected chi connectivity index (χ1v) is 12.0. The molecule has 2 amide bonds. The third kappa shape index (κ3) is 4.94. The third-order valence-electron chi connectivity index (χ3n) is 6.99. The predicted molar refractivity (Wildman–Crippen MR) is 126 cm³/mol. The number of hydrogen-bond donors (Lipinski definition) is 2. The van der Waals surface area contributed by atoms with Crippen LogP contribution >= 0.6 is 11.6 Å². The Morgan fingerprint density at radius 2 is 1.88 bits per heavy atom. The molecule has 0 aromatic heterocycles. The molecule has 1 aliphatic heterocycles. The van der Waals surface area contributed by atoms with Gasteiger partial charge in [0.1, 0.15) is 6.04 Å². The van der Waals surface area contributed by atoms with E-state index in [4.69, 9.17) is 16.3 Å². The van der Waals surface area contributed by atoms with Crippen LogP contribution in [-0.2, 0) is 19.1 Å². The molecule has 3 rings (SSSR count). The molecule has 2 aliphatic rings. The molecule has 8 heteroatoms. The lowest BCUT2D eigenvalue weighted by atomic mass is 9.70. The molecule has 2 N–H and O–H groups in total. The zero-order valence-corrected chi connectivity index (χ0v) is 20.3. The molecule has 0 spiro atoms. The summed E-state index contributed by atoms with van der Waals surface area (Å²) in [5, 5.41) is 13.7. The van der Waals surface area contributed by atoms with Gasteiger partial charge in [-0.25, -0.2) is 0 Å². The van der Waals surface area contributed by atoms with Gasteiger partial charge in [-0.3, -0.25) is 14.4 Å². The van der Waals surface area contributed by atoms with Gasteiger partial charge < -0.3 is 20.1 Å². The van der Waals surface area contributed by atoms with Crippen molar-refractivity contribution in [2.45, 2.75) is 46.2 Å². The Morgan fingerprint density at radius 3 is 2.45 bits per heavy atom. The number of ether oxygens (including phenoxy) is 1. The average molecular weight is 477 g/mol. The number of fused-ring (bicyclic) bond motifs is 1. The van der Waals surface area contributed by atoms with Gasteiger partial charge in [0.2, 0.25) is 11.8 Å². The van der Waals surface area contributed by atoms with Gasteiger partial charge in [0.05, 0.1) is 31.1 Å². The van der Waals surface area contributed by atoms with Crippen LogP contribution in [0.1, 0.15) is 34.1 Å². The lowest BCUT2D eigenvalue weighted by molar-refractivity contribution is -0.156. The van der Waals surface area contributed by atoms with Gasteiger partial charge in [0.25, 0.3) is 0 Å². The van der Waals surface area contributed by atoms with Gasteiger partial charge >= 0.3 is 5.97 Å². The first-order chi connectivity index (χ1) is 15.7. The maximum absolute atomic E-state index is 13.8. The number of esters is 1. The second kappa shape index (κ2) is 10.7. The Morgan fingerprint density at radius 1 is 1.21 bits per heavy atom. The van der Waals surface area contributed by atoms with Crippen molar-refractivity contribution in [3.63, 3.8) is 0 Å². The number of benzene rings is 1. The predicted octanol–water partition coefficient (Wildman–Crippen LogP) is 3.51. The highest BCUT2D eigenvalue weighted by atomic mass is 35.5. The van der Waals surface area contributed by atoms with Crippen LogP contribution in [0.2, 0.25) is 5.02 Å². The monoisotopic (exact) mass is 476 g/mol. The standard InChI is InChI=1S/C25H33ClN2O5/c1-5-14(3)19(13-29)28-22(23(30)27-17-10-8-16(26)9-11-17)18-12-7-15(4)20(21(18)24(28)31)25(32)33-6-2/h7-12,14-15,18-22,29H,5-6,13H2,1-4H3,(H,27,30)/t14-,15+,18-,19-,20+,21-,22-/m0/s1. The molecule has 1 saturated heterocycles. The zero-order valence-electron chi connectivity index (χ0n) is 19.5. The molecule has 0 bridgehead atoms. The number of aliphatic hydroxyl groups excluding tert-OH is 1. The number of nitrogens with one attached hydrogen (secondary N) is 1. The van der Waals surface area contributed by atoms with Gasteiger partial charge in [0.15, 0.2) is 0 Å². The number of halogens is 1. The number of amides is 2. The zero-order chi connectivity index (χ0) is 24.3. The second-order valence-corrected chi connectivity index (χ2v) is 9.38. The summed E-state index contributed by atoms with van der Waals surface area (Å²) in [6.45, 7) is 7.49. The fraction of sp³-hybridized carbons (Fsp3) is 0.560. The van der Waals surface area contributed by atoms with E-state index in [2.05, 4.69) is 5.32 Å². The molecule has 33 heavy (non-hydrogen) atoms. The minimum Gasteiger partial charge on any atom is -0.466 e. The Labute approximate surface area is 200 Å². The van der Waals surface area contributed by atoms with E-state index in [9.17, 15) is 19.5 Å². The van der Waals surface area contributed by atoms with Gasteiger partial charge in [0, 0.05) is 16.6 Å². The highest BCUT2D eigenvalue weighted by Gasteiger charge is 2.58. The van der Waals surface area contributed by atoms with E-state index < -0.39 is 35.8 Å². The maximum atomic E-state index is 13.8. The van der Waals surface area contributed by atoms with Crippen molar-refractivity contribution < 1.29 is 24.2 Å². The molecule has 1 fully saturated rings. The van der Waals surface area contributed by atoms with Crippen molar-refractivity contribution >= 4 is 35.1 Å². The van der Waals surface area contributed by atoms with E-state index >= 15 is 0 Å². The summed E-state index contributed by atoms with van der Waals surface area (Å²) < 4.78 is 5.30. The number of rotatable bonds is 8. The second-order valence-electron chi connectivity index (χ2n) is 8.95.